The third kappa shape index (κ3) is 5.78. The maximum atomic E-state index is 13.6. The number of hydrogen-bond acceptors (Lipinski definition) is 4. The Hall–Kier alpha value is -3.02. The van der Waals surface area contributed by atoms with E-state index in [0.29, 0.717) is 16.3 Å². The maximum Gasteiger partial charge on any atom is 0.417 e. The van der Waals surface area contributed by atoms with E-state index in [-0.39, 0.29) is 16.5 Å². The molecule has 3 aromatic rings. The van der Waals surface area contributed by atoms with Crippen LogP contribution in [0.4, 0.5) is 18.9 Å². The van der Waals surface area contributed by atoms with Gasteiger partial charge in [0.05, 0.1) is 22.6 Å². The van der Waals surface area contributed by atoms with Crippen molar-refractivity contribution in [1.29, 1.82) is 5.26 Å². The minimum atomic E-state index is -4.74. The summed E-state index contributed by atoms with van der Waals surface area (Å²) < 4.78 is 40.8. The van der Waals surface area contributed by atoms with Crippen LogP contribution >= 0.6 is 23.4 Å². The van der Waals surface area contributed by atoms with Crippen molar-refractivity contribution in [2.45, 2.75) is 18.1 Å². The molecule has 0 atom stereocenters. The smallest absolute Gasteiger partial charge is 0.325 e. The number of aromatic nitrogens is 1. The van der Waals surface area contributed by atoms with Crippen molar-refractivity contribution in [3.8, 4) is 17.3 Å². The zero-order valence-corrected chi connectivity index (χ0v) is 17.7. The molecular formula is C22H15ClF3N3OS. The summed E-state index contributed by atoms with van der Waals surface area (Å²) in [7, 11) is 0. The van der Waals surface area contributed by atoms with Crippen LogP contribution in [-0.2, 0) is 11.0 Å². The molecule has 1 N–H and O–H groups in total. The lowest BCUT2D eigenvalue weighted by atomic mass is 10.0. The number of aryl methyl sites for hydroxylation is 1. The average Bonchev–Trinajstić information content (AvgIpc) is 2.73. The van der Waals surface area contributed by atoms with Crippen molar-refractivity contribution in [2.75, 3.05) is 11.1 Å². The Bertz CT molecular complexity index is 1140. The van der Waals surface area contributed by atoms with Crippen LogP contribution in [0.2, 0.25) is 5.02 Å². The molecular weight excluding hydrogens is 447 g/mol. The van der Waals surface area contributed by atoms with Gasteiger partial charge < -0.3 is 5.32 Å². The van der Waals surface area contributed by atoms with Crippen LogP contribution < -0.4 is 5.32 Å². The van der Waals surface area contributed by atoms with Gasteiger partial charge in [-0.25, -0.2) is 4.98 Å². The Balaban J connectivity index is 1.91. The van der Waals surface area contributed by atoms with Gasteiger partial charge >= 0.3 is 6.18 Å². The molecule has 0 saturated heterocycles. The summed E-state index contributed by atoms with van der Waals surface area (Å²) in [6.45, 7) is 1.86. The Morgan fingerprint density at radius 1 is 1.16 bits per heavy atom. The molecule has 0 fully saturated rings. The van der Waals surface area contributed by atoms with E-state index in [4.69, 9.17) is 11.6 Å². The number of carbonyl (C=O) groups is 1. The van der Waals surface area contributed by atoms with Gasteiger partial charge in [0.2, 0.25) is 5.91 Å². The number of amides is 1. The van der Waals surface area contributed by atoms with Gasteiger partial charge in [-0.2, -0.15) is 18.4 Å². The number of alkyl halides is 3. The van der Waals surface area contributed by atoms with E-state index in [9.17, 15) is 23.2 Å². The number of nitrogens with one attached hydrogen (secondary N) is 1. The van der Waals surface area contributed by atoms with Gasteiger partial charge in [-0.3, -0.25) is 4.79 Å². The predicted molar refractivity (Wildman–Crippen MR) is 115 cm³/mol. The summed E-state index contributed by atoms with van der Waals surface area (Å²) in [5, 5.41) is 12.3. The standard InChI is InChI=1S/C22H15ClF3N3OS/c1-13-2-4-14(5-3-13)19-10-18(22(24,25)26)17(11-27)21(29-19)31-12-20(30)28-16-8-6-15(23)7-9-16/h2-10H,12H2,1H3,(H,28,30). The Morgan fingerprint density at radius 2 is 1.81 bits per heavy atom. The van der Waals surface area contributed by atoms with Gasteiger partial charge in [-0.1, -0.05) is 53.2 Å². The Morgan fingerprint density at radius 3 is 2.39 bits per heavy atom. The fraction of sp³-hybridized carbons (Fsp3) is 0.136. The fourth-order valence-corrected chi connectivity index (χ4v) is 3.62. The number of hydrogen-bond donors (Lipinski definition) is 1. The van der Waals surface area contributed by atoms with Crippen LogP contribution in [0, 0.1) is 18.3 Å². The molecule has 3 rings (SSSR count). The number of thioether (sulfide) groups is 1. The molecule has 2 aromatic carbocycles. The van der Waals surface area contributed by atoms with Crippen molar-refractivity contribution in [2.24, 2.45) is 0 Å². The van der Waals surface area contributed by atoms with Crippen LogP contribution in [0.1, 0.15) is 16.7 Å². The first kappa shape index (κ1) is 22.7. The van der Waals surface area contributed by atoms with E-state index in [1.165, 1.54) is 0 Å². The van der Waals surface area contributed by atoms with E-state index in [1.54, 1.807) is 54.6 Å². The van der Waals surface area contributed by atoms with Crippen LogP contribution in [-0.4, -0.2) is 16.6 Å². The molecule has 0 aliphatic carbocycles. The van der Waals surface area contributed by atoms with Crippen molar-refractivity contribution in [3.05, 3.63) is 76.3 Å². The van der Waals surface area contributed by atoms with E-state index >= 15 is 0 Å². The molecule has 0 aliphatic rings. The van der Waals surface area contributed by atoms with E-state index in [1.807, 2.05) is 6.92 Å². The zero-order valence-electron chi connectivity index (χ0n) is 16.1. The molecule has 1 amide bonds. The minimum absolute atomic E-state index is 0.0759. The quantitative estimate of drug-likeness (QED) is 0.451. The van der Waals surface area contributed by atoms with Crippen molar-refractivity contribution in [1.82, 2.24) is 4.98 Å². The van der Waals surface area contributed by atoms with Crippen LogP contribution in [0.3, 0.4) is 0 Å². The number of rotatable bonds is 5. The molecule has 0 bridgehead atoms. The average molecular weight is 462 g/mol. The summed E-state index contributed by atoms with van der Waals surface area (Å²) >= 11 is 6.57. The monoisotopic (exact) mass is 461 g/mol. The molecule has 158 valence electrons. The molecule has 0 saturated carbocycles. The van der Waals surface area contributed by atoms with Crippen LogP contribution in [0.15, 0.2) is 59.6 Å². The van der Waals surface area contributed by atoms with Crippen LogP contribution in [0.5, 0.6) is 0 Å². The van der Waals surface area contributed by atoms with Gasteiger partial charge in [-0.15, -0.1) is 0 Å². The topological polar surface area (TPSA) is 65.8 Å². The number of halogens is 4. The molecule has 1 heterocycles. The number of nitriles is 1. The Labute approximate surface area is 186 Å². The van der Waals surface area contributed by atoms with E-state index in [0.717, 1.165) is 23.4 Å². The molecule has 9 heteroatoms. The third-order valence-corrected chi connectivity index (χ3v) is 5.45. The first-order chi connectivity index (χ1) is 14.7. The van der Waals surface area contributed by atoms with Gasteiger partial charge in [-0.05, 0) is 37.3 Å². The summed E-state index contributed by atoms with van der Waals surface area (Å²) in [6, 6.07) is 15.7. The molecule has 31 heavy (non-hydrogen) atoms. The number of carbonyl (C=O) groups excluding carboxylic acids is 1. The lowest BCUT2D eigenvalue weighted by molar-refractivity contribution is -0.138. The predicted octanol–water partition coefficient (Wildman–Crippen LogP) is 6.33. The molecule has 1 aromatic heterocycles. The number of benzene rings is 2. The summed E-state index contributed by atoms with van der Waals surface area (Å²) in [6.07, 6.45) is -4.74. The molecule has 0 spiro atoms. The van der Waals surface area contributed by atoms with Crippen LogP contribution in [0.25, 0.3) is 11.3 Å². The number of anilines is 1. The summed E-state index contributed by atoms with van der Waals surface area (Å²) in [4.78, 5) is 16.5. The molecule has 0 unspecified atom stereocenters. The summed E-state index contributed by atoms with van der Waals surface area (Å²) in [5.41, 5.74) is 0.309. The third-order valence-electron chi connectivity index (χ3n) is 4.22. The van der Waals surface area contributed by atoms with E-state index in [2.05, 4.69) is 10.3 Å². The second-order valence-corrected chi connectivity index (χ2v) is 7.96. The lowest BCUT2D eigenvalue weighted by Gasteiger charge is -2.14. The highest BCUT2D eigenvalue weighted by molar-refractivity contribution is 8.00. The fourth-order valence-electron chi connectivity index (χ4n) is 2.69. The first-order valence-corrected chi connectivity index (χ1v) is 10.3. The highest BCUT2D eigenvalue weighted by Crippen LogP contribution is 2.38. The molecule has 4 nitrogen and oxygen atoms in total. The maximum absolute atomic E-state index is 13.6. The van der Waals surface area contributed by atoms with Crippen molar-refractivity contribution in [3.63, 3.8) is 0 Å². The molecule has 0 radical (unpaired) electrons. The molecule has 0 aliphatic heterocycles. The highest BCUT2D eigenvalue weighted by atomic mass is 35.5. The lowest BCUT2D eigenvalue weighted by Crippen LogP contribution is -2.15. The SMILES string of the molecule is Cc1ccc(-c2cc(C(F)(F)F)c(C#N)c(SCC(=O)Nc3ccc(Cl)cc3)n2)cc1. The largest absolute Gasteiger partial charge is 0.417 e. The van der Waals surface area contributed by atoms with Gasteiger partial charge in [0.1, 0.15) is 11.1 Å². The highest BCUT2D eigenvalue weighted by Gasteiger charge is 2.36. The minimum Gasteiger partial charge on any atom is -0.325 e. The van der Waals surface area contributed by atoms with Gasteiger partial charge in [0.25, 0.3) is 0 Å². The Kier molecular flexibility index (Phi) is 6.88. The summed E-state index contributed by atoms with van der Waals surface area (Å²) in [5.74, 6) is -0.675. The van der Waals surface area contributed by atoms with Crippen molar-refractivity contribution < 1.29 is 18.0 Å². The second kappa shape index (κ2) is 9.41. The number of nitrogens with zero attached hydrogens (tertiary/aromatic N) is 2. The normalized spacial score (nSPS) is 11.1. The zero-order chi connectivity index (χ0) is 22.6. The first-order valence-electron chi connectivity index (χ1n) is 8.95. The van der Waals surface area contributed by atoms with E-state index < -0.39 is 23.2 Å². The van der Waals surface area contributed by atoms with Crippen molar-refractivity contribution >= 4 is 35.0 Å². The number of pyridine rings is 1. The second-order valence-electron chi connectivity index (χ2n) is 6.55. The van der Waals surface area contributed by atoms with Gasteiger partial charge in [0.15, 0.2) is 0 Å². The van der Waals surface area contributed by atoms with Gasteiger partial charge in [0, 0.05) is 16.3 Å².